The van der Waals surface area contributed by atoms with Crippen molar-refractivity contribution in [2.24, 2.45) is 0 Å². The van der Waals surface area contributed by atoms with E-state index in [4.69, 9.17) is 13.6 Å². The van der Waals surface area contributed by atoms with Crippen LogP contribution in [0.15, 0.2) is 148 Å². The third-order valence-electron chi connectivity index (χ3n) is 10.3. The van der Waals surface area contributed by atoms with Gasteiger partial charge in [0.25, 0.3) is 0 Å². The molecule has 11 rings (SSSR count). The van der Waals surface area contributed by atoms with Gasteiger partial charge in [0.15, 0.2) is 0 Å². The Hall–Kier alpha value is -5.74. The van der Waals surface area contributed by atoms with Gasteiger partial charge < -0.3 is 18.5 Å². The summed E-state index contributed by atoms with van der Waals surface area (Å²) >= 11 is 0. The maximum absolute atomic E-state index is 6.66. The summed E-state index contributed by atoms with van der Waals surface area (Å²) in [5.41, 5.74) is 10.8. The van der Waals surface area contributed by atoms with E-state index in [-0.39, 0.29) is 18.1 Å². The third kappa shape index (κ3) is 3.28. The molecule has 0 spiro atoms. The summed E-state index contributed by atoms with van der Waals surface area (Å²) in [6, 6.07) is 32.9. The molecule has 7 aromatic rings. The Morgan fingerprint density at radius 1 is 0.543 bits per heavy atom. The van der Waals surface area contributed by atoms with Crippen molar-refractivity contribution in [2.75, 3.05) is 4.90 Å². The quantitative estimate of drug-likeness (QED) is 0.200. The van der Waals surface area contributed by atoms with Crippen LogP contribution in [0, 0.1) is 0 Å². The van der Waals surface area contributed by atoms with E-state index < -0.39 is 0 Å². The van der Waals surface area contributed by atoms with Crippen LogP contribution in [0.5, 0.6) is 5.75 Å². The van der Waals surface area contributed by atoms with Gasteiger partial charge in [-0.2, -0.15) is 0 Å². The fourth-order valence-corrected chi connectivity index (χ4v) is 8.23. The first kappa shape index (κ1) is 24.6. The van der Waals surface area contributed by atoms with Gasteiger partial charge in [-0.25, -0.2) is 0 Å². The molecule has 0 radical (unpaired) electrons. The standard InChI is InChI=1S/C42H27NO3/c1-4-10-34-27(7-1)28-8-2-5-11-35(28)43(34)26-15-19-38-32(23-26)30-16-20-40-41(42(30)46-38)33-22-25(14-18-39(33)45-40)24-13-17-37-31(21-24)29-9-3-6-12-36(29)44-37/h1-23,27,29,34,36H. The Kier molecular flexibility index (Phi) is 4.76. The fraction of sp³-hybridized carbons (Fsp3) is 0.0952. The minimum Gasteiger partial charge on any atom is -0.485 e. The van der Waals surface area contributed by atoms with E-state index >= 15 is 0 Å². The Labute approximate surface area is 264 Å². The highest BCUT2D eigenvalue weighted by Gasteiger charge is 2.37. The molecule has 4 heteroatoms. The lowest BCUT2D eigenvalue weighted by molar-refractivity contribution is 0.269. The summed E-state index contributed by atoms with van der Waals surface area (Å²) in [5.74, 6) is 1.57. The van der Waals surface area contributed by atoms with Crippen LogP contribution >= 0.6 is 0 Å². The van der Waals surface area contributed by atoms with Gasteiger partial charge in [0.1, 0.15) is 34.2 Å². The maximum Gasteiger partial charge on any atom is 0.147 e. The predicted molar refractivity (Wildman–Crippen MR) is 185 cm³/mol. The molecule has 0 saturated heterocycles. The Balaban J connectivity index is 1.06. The zero-order valence-electron chi connectivity index (χ0n) is 24.8. The molecule has 2 aliphatic heterocycles. The first-order chi connectivity index (χ1) is 22.8. The predicted octanol–water partition coefficient (Wildman–Crippen LogP) is 10.9. The van der Waals surface area contributed by atoms with Gasteiger partial charge >= 0.3 is 0 Å². The molecule has 4 heterocycles. The van der Waals surface area contributed by atoms with E-state index in [1.54, 1.807) is 0 Å². The largest absolute Gasteiger partial charge is 0.485 e. The van der Waals surface area contributed by atoms with Crippen LogP contribution in [0.1, 0.15) is 23.0 Å². The van der Waals surface area contributed by atoms with Crippen molar-refractivity contribution in [1.29, 1.82) is 0 Å². The Morgan fingerprint density at radius 2 is 1.33 bits per heavy atom. The highest BCUT2D eigenvalue weighted by Crippen LogP contribution is 2.49. The highest BCUT2D eigenvalue weighted by molar-refractivity contribution is 6.22. The summed E-state index contributed by atoms with van der Waals surface area (Å²) in [5, 5.41) is 4.28. The summed E-state index contributed by atoms with van der Waals surface area (Å²) in [6.07, 6.45) is 17.6. The van der Waals surface area contributed by atoms with Crippen LogP contribution in [0.3, 0.4) is 0 Å². The topological polar surface area (TPSA) is 38.8 Å². The van der Waals surface area contributed by atoms with Crippen molar-refractivity contribution in [2.45, 2.75) is 24.0 Å². The highest BCUT2D eigenvalue weighted by atomic mass is 16.5. The van der Waals surface area contributed by atoms with Gasteiger partial charge in [0.2, 0.25) is 0 Å². The van der Waals surface area contributed by atoms with Gasteiger partial charge in [-0.1, -0.05) is 72.9 Å². The second-order valence-corrected chi connectivity index (χ2v) is 12.8. The van der Waals surface area contributed by atoms with Crippen LogP contribution in [0.25, 0.3) is 55.0 Å². The molecule has 46 heavy (non-hydrogen) atoms. The second-order valence-electron chi connectivity index (χ2n) is 12.8. The van der Waals surface area contributed by atoms with Crippen molar-refractivity contribution in [3.05, 3.63) is 151 Å². The number of hydrogen-bond acceptors (Lipinski definition) is 4. The van der Waals surface area contributed by atoms with Crippen LogP contribution in [-0.2, 0) is 0 Å². The van der Waals surface area contributed by atoms with Gasteiger partial charge in [-0.05, 0) is 83.4 Å². The van der Waals surface area contributed by atoms with E-state index in [1.165, 1.54) is 28.1 Å². The van der Waals surface area contributed by atoms with Gasteiger partial charge in [-0.15, -0.1) is 0 Å². The first-order valence-corrected chi connectivity index (χ1v) is 16.0. The van der Waals surface area contributed by atoms with E-state index in [2.05, 4.69) is 145 Å². The summed E-state index contributed by atoms with van der Waals surface area (Å²) in [6.45, 7) is 0. The number of allylic oxidation sites excluding steroid dienone is 4. The summed E-state index contributed by atoms with van der Waals surface area (Å²) in [7, 11) is 0. The fourth-order valence-electron chi connectivity index (χ4n) is 8.23. The summed E-state index contributed by atoms with van der Waals surface area (Å²) in [4.78, 5) is 2.47. The lowest BCUT2D eigenvalue weighted by Gasteiger charge is -2.28. The van der Waals surface area contributed by atoms with Gasteiger partial charge in [-0.3, -0.25) is 0 Å². The first-order valence-electron chi connectivity index (χ1n) is 16.0. The molecule has 2 aromatic heterocycles. The molecule has 0 amide bonds. The average Bonchev–Trinajstić information content (AvgIpc) is 3.86. The SMILES string of the molecule is C1=CC2Oc3ccc(-c4ccc5oc6ccc7c8cc(N9c%10ccccc%10C%10C=CC=CC%109)ccc8oc7c6c5c4)cc3C2C=C1. The number of benzene rings is 5. The van der Waals surface area contributed by atoms with Crippen LogP contribution < -0.4 is 9.64 Å². The molecule has 2 aliphatic carbocycles. The van der Waals surface area contributed by atoms with Crippen LogP contribution in [0.2, 0.25) is 0 Å². The maximum atomic E-state index is 6.66. The molecule has 4 unspecified atom stereocenters. The number of fused-ring (bicyclic) bond motifs is 13. The van der Waals surface area contributed by atoms with Crippen molar-refractivity contribution in [3.8, 4) is 16.9 Å². The number of furan rings is 2. The van der Waals surface area contributed by atoms with Gasteiger partial charge in [0.05, 0.1) is 11.4 Å². The number of rotatable bonds is 2. The molecular weight excluding hydrogens is 566 g/mol. The Morgan fingerprint density at radius 3 is 2.30 bits per heavy atom. The number of para-hydroxylation sites is 1. The third-order valence-corrected chi connectivity index (χ3v) is 10.3. The van der Waals surface area contributed by atoms with E-state index in [0.29, 0.717) is 5.92 Å². The zero-order valence-corrected chi connectivity index (χ0v) is 24.8. The van der Waals surface area contributed by atoms with Crippen molar-refractivity contribution >= 4 is 55.3 Å². The lowest BCUT2D eigenvalue weighted by Crippen LogP contribution is -2.28. The molecule has 4 aliphatic rings. The average molecular weight is 594 g/mol. The molecule has 4 atom stereocenters. The Bertz CT molecular complexity index is 2560. The number of nitrogens with zero attached hydrogens (tertiary/aromatic N) is 1. The second kappa shape index (κ2) is 8.92. The number of hydrogen-bond donors (Lipinski definition) is 0. The molecule has 0 saturated carbocycles. The monoisotopic (exact) mass is 593 g/mol. The molecular formula is C42H27NO3. The van der Waals surface area contributed by atoms with E-state index in [0.717, 1.165) is 55.2 Å². The van der Waals surface area contributed by atoms with E-state index in [9.17, 15) is 0 Å². The minimum absolute atomic E-state index is 0.0787. The van der Waals surface area contributed by atoms with Crippen molar-refractivity contribution < 1.29 is 13.6 Å². The normalized spacial score (nSPS) is 22.1. The van der Waals surface area contributed by atoms with Gasteiger partial charge in [0, 0.05) is 44.9 Å². The molecule has 5 aromatic carbocycles. The molecule has 4 nitrogen and oxygen atoms in total. The van der Waals surface area contributed by atoms with Crippen molar-refractivity contribution in [3.63, 3.8) is 0 Å². The smallest absolute Gasteiger partial charge is 0.147 e. The number of ether oxygens (including phenoxy) is 1. The lowest BCUT2D eigenvalue weighted by atomic mass is 9.90. The van der Waals surface area contributed by atoms with Crippen molar-refractivity contribution in [1.82, 2.24) is 0 Å². The molecule has 218 valence electrons. The molecule has 0 N–H and O–H groups in total. The molecule has 0 bridgehead atoms. The minimum atomic E-state index is 0.0787. The molecule has 0 fully saturated rings. The van der Waals surface area contributed by atoms with Crippen LogP contribution in [-0.4, -0.2) is 12.1 Å². The van der Waals surface area contributed by atoms with Crippen LogP contribution in [0.4, 0.5) is 11.4 Å². The number of anilines is 2. The zero-order chi connectivity index (χ0) is 29.9. The summed E-state index contributed by atoms with van der Waals surface area (Å²) < 4.78 is 19.2. The van der Waals surface area contributed by atoms with E-state index in [1.807, 2.05) is 0 Å².